The van der Waals surface area contributed by atoms with Crippen molar-refractivity contribution in [2.24, 2.45) is 0 Å². The van der Waals surface area contributed by atoms with Crippen molar-refractivity contribution in [1.82, 2.24) is 9.97 Å². The van der Waals surface area contributed by atoms with Crippen LogP contribution >= 0.6 is 11.6 Å². The molecule has 0 unspecified atom stereocenters. The van der Waals surface area contributed by atoms with Crippen LogP contribution in [0.1, 0.15) is 10.4 Å². The number of aldehydes is 1. The first kappa shape index (κ1) is 8.07. The Hall–Kier alpha value is -1.55. The van der Waals surface area contributed by atoms with E-state index in [2.05, 4.69) is 9.97 Å². The van der Waals surface area contributed by atoms with Gasteiger partial charge in [0.15, 0.2) is 0 Å². The lowest BCUT2D eigenvalue weighted by Crippen LogP contribution is -1.99. The minimum atomic E-state index is -0.333. The molecule has 4 nitrogen and oxygen atoms in total. The average molecular weight is 197 g/mol. The zero-order valence-corrected chi connectivity index (χ0v) is 7.18. The summed E-state index contributed by atoms with van der Waals surface area (Å²) in [4.78, 5) is 26.4. The number of imidazole rings is 1. The summed E-state index contributed by atoms with van der Waals surface area (Å²) in [7, 11) is 0. The van der Waals surface area contributed by atoms with Crippen LogP contribution < -0.4 is 5.69 Å². The highest BCUT2D eigenvalue weighted by Crippen LogP contribution is 2.20. The molecule has 0 aliphatic heterocycles. The van der Waals surface area contributed by atoms with E-state index < -0.39 is 0 Å². The van der Waals surface area contributed by atoms with E-state index in [1.807, 2.05) is 0 Å². The van der Waals surface area contributed by atoms with Crippen molar-refractivity contribution in [1.29, 1.82) is 0 Å². The maximum Gasteiger partial charge on any atom is 0.323 e. The minimum Gasteiger partial charge on any atom is -0.306 e. The molecule has 13 heavy (non-hydrogen) atoms. The molecule has 0 radical (unpaired) electrons. The molecule has 0 fully saturated rings. The first-order chi connectivity index (χ1) is 6.20. The van der Waals surface area contributed by atoms with Crippen molar-refractivity contribution in [2.75, 3.05) is 0 Å². The molecule has 0 aliphatic rings. The fraction of sp³-hybridized carbons (Fsp3) is 0. The number of hydrogen-bond acceptors (Lipinski definition) is 2. The van der Waals surface area contributed by atoms with E-state index in [9.17, 15) is 9.59 Å². The maximum absolute atomic E-state index is 10.9. The molecule has 0 saturated carbocycles. The molecule has 2 N–H and O–H groups in total. The summed E-state index contributed by atoms with van der Waals surface area (Å²) in [6.45, 7) is 0. The van der Waals surface area contributed by atoms with Gasteiger partial charge >= 0.3 is 5.69 Å². The molecule has 1 aromatic heterocycles. The van der Waals surface area contributed by atoms with Gasteiger partial charge in [-0.1, -0.05) is 11.6 Å². The van der Waals surface area contributed by atoms with Crippen LogP contribution in [0, 0.1) is 0 Å². The number of carbonyl (C=O) groups excluding carboxylic acids is 1. The van der Waals surface area contributed by atoms with E-state index in [-0.39, 0.29) is 5.69 Å². The molecule has 0 spiro atoms. The zero-order chi connectivity index (χ0) is 9.42. The first-order valence-corrected chi connectivity index (χ1v) is 3.95. The monoisotopic (exact) mass is 196 g/mol. The van der Waals surface area contributed by atoms with E-state index in [0.717, 1.165) is 0 Å². The Morgan fingerprint density at radius 2 is 2.08 bits per heavy atom. The first-order valence-electron chi connectivity index (χ1n) is 3.57. The summed E-state index contributed by atoms with van der Waals surface area (Å²) in [5, 5.41) is 0.359. The molecule has 0 amide bonds. The van der Waals surface area contributed by atoms with Crippen LogP contribution in [-0.2, 0) is 0 Å². The van der Waals surface area contributed by atoms with Crippen LogP contribution in [0.15, 0.2) is 16.9 Å². The van der Waals surface area contributed by atoms with Crippen molar-refractivity contribution >= 4 is 28.9 Å². The Morgan fingerprint density at radius 1 is 1.31 bits per heavy atom. The highest BCUT2D eigenvalue weighted by molar-refractivity contribution is 6.35. The van der Waals surface area contributed by atoms with Crippen molar-refractivity contribution in [3.8, 4) is 0 Å². The summed E-state index contributed by atoms with van der Waals surface area (Å²) in [6.07, 6.45) is 0.677. The molecular formula is C8H5ClN2O2. The highest BCUT2D eigenvalue weighted by Gasteiger charge is 2.04. The van der Waals surface area contributed by atoms with Crippen LogP contribution in [0.4, 0.5) is 0 Å². The van der Waals surface area contributed by atoms with E-state index in [4.69, 9.17) is 11.6 Å². The average Bonchev–Trinajstić information content (AvgIpc) is 2.46. The van der Waals surface area contributed by atoms with Crippen molar-refractivity contribution in [3.63, 3.8) is 0 Å². The fourth-order valence-corrected chi connectivity index (χ4v) is 1.46. The third-order valence-corrected chi connectivity index (χ3v) is 2.03. The Balaban J connectivity index is 2.90. The summed E-state index contributed by atoms with van der Waals surface area (Å²) < 4.78 is 0. The third kappa shape index (κ3) is 1.25. The van der Waals surface area contributed by atoms with Gasteiger partial charge in [0.25, 0.3) is 0 Å². The summed E-state index contributed by atoms with van der Waals surface area (Å²) in [5.74, 6) is 0. The minimum absolute atomic E-state index is 0.333. The van der Waals surface area contributed by atoms with E-state index >= 15 is 0 Å². The molecule has 1 heterocycles. The van der Waals surface area contributed by atoms with Crippen molar-refractivity contribution < 1.29 is 4.79 Å². The lowest BCUT2D eigenvalue weighted by atomic mass is 10.2. The van der Waals surface area contributed by atoms with E-state index in [0.29, 0.717) is 27.9 Å². The second-order valence-corrected chi connectivity index (χ2v) is 3.03. The second-order valence-electron chi connectivity index (χ2n) is 2.62. The van der Waals surface area contributed by atoms with Gasteiger partial charge in [-0.25, -0.2) is 4.79 Å². The number of fused-ring (bicyclic) bond motifs is 1. The van der Waals surface area contributed by atoms with Crippen LogP contribution in [0.25, 0.3) is 11.0 Å². The quantitative estimate of drug-likeness (QED) is 0.676. The van der Waals surface area contributed by atoms with Crippen molar-refractivity contribution in [3.05, 3.63) is 33.2 Å². The largest absolute Gasteiger partial charge is 0.323 e. The number of H-pyrrole nitrogens is 2. The lowest BCUT2D eigenvalue weighted by Gasteiger charge is -1.94. The molecule has 0 atom stereocenters. The van der Waals surface area contributed by atoms with Gasteiger partial charge in [0, 0.05) is 5.56 Å². The fourth-order valence-electron chi connectivity index (χ4n) is 1.19. The standard InChI is InChI=1S/C8H5ClN2O2/c9-5-1-4(3-12)2-6-7(5)11-8(13)10-6/h1-3H,(H2,10,11,13). The van der Waals surface area contributed by atoms with Gasteiger partial charge < -0.3 is 9.97 Å². The zero-order valence-electron chi connectivity index (χ0n) is 6.43. The third-order valence-electron chi connectivity index (χ3n) is 1.74. The Kier molecular flexibility index (Phi) is 1.70. The number of rotatable bonds is 1. The molecule has 0 bridgehead atoms. The highest BCUT2D eigenvalue weighted by atomic mass is 35.5. The number of carbonyl (C=O) groups is 1. The van der Waals surface area contributed by atoms with Gasteiger partial charge in [0.05, 0.1) is 16.1 Å². The van der Waals surface area contributed by atoms with Crippen LogP contribution in [0.3, 0.4) is 0 Å². The molecular weight excluding hydrogens is 192 g/mol. The van der Waals surface area contributed by atoms with Gasteiger partial charge in [-0.3, -0.25) is 4.79 Å². The van der Waals surface area contributed by atoms with Gasteiger partial charge in [-0.15, -0.1) is 0 Å². The summed E-state index contributed by atoms with van der Waals surface area (Å²) in [5.41, 5.74) is 1.17. The molecule has 2 rings (SSSR count). The number of aromatic amines is 2. The predicted octanol–water partition coefficient (Wildman–Crippen LogP) is 1.32. The van der Waals surface area contributed by atoms with Crippen LogP contribution in [-0.4, -0.2) is 16.3 Å². The number of benzene rings is 1. The predicted molar refractivity (Wildman–Crippen MR) is 49.3 cm³/mol. The van der Waals surface area contributed by atoms with E-state index in [1.54, 1.807) is 6.07 Å². The molecule has 5 heteroatoms. The summed E-state index contributed by atoms with van der Waals surface area (Å²) in [6, 6.07) is 3.06. The number of nitrogens with one attached hydrogen (secondary N) is 2. The van der Waals surface area contributed by atoms with Gasteiger partial charge in [-0.2, -0.15) is 0 Å². The van der Waals surface area contributed by atoms with Crippen LogP contribution in [0.5, 0.6) is 0 Å². The number of aromatic nitrogens is 2. The topological polar surface area (TPSA) is 65.7 Å². The normalized spacial score (nSPS) is 10.5. The summed E-state index contributed by atoms with van der Waals surface area (Å²) >= 11 is 5.81. The van der Waals surface area contributed by atoms with Gasteiger partial charge in [-0.05, 0) is 12.1 Å². The molecule has 0 saturated heterocycles. The van der Waals surface area contributed by atoms with Crippen molar-refractivity contribution in [2.45, 2.75) is 0 Å². The smallest absolute Gasteiger partial charge is 0.306 e. The number of halogens is 1. The van der Waals surface area contributed by atoms with Gasteiger partial charge in [0.2, 0.25) is 0 Å². The van der Waals surface area contributed by atoms with Crippen LogP contribution in [0.2, 0.25) is 5.02 Å². The maximum atomic E-state index is 10.9. The van der Waals surface area contributed by atoms with E-state index in [1.165, 1.54) is 6.07 Å². The molecule has 2 aromatic rings. The Morgan fingerprint density at radius 3 is 2.77 bits per heavy atom. The molecule has 0 aliphatic carbocycles. The lowest BCUT2D eigenvalue weighted by molar-refractivity contribution is 0.112. The molecule has 1 aromatic carbocycles. The second kappa shape index (κ2) is 2.74. The SMILES string of the molecule is O=Cc1cc(Cl)c2[nH]c(=O)[nH]c2c1. The van der Waals surface area contributed by atoms with Gasteiger partial charge in [0.1, 0.15) is 6.29 Å². The Bertz CT molecular complexity index is 526. The molecule has 66 valence electrons. The number of hydrogen-bond donors (Lipinski definition) is 2. The Labute approximate surface area is 77.5 Å².